The minimum Gasteiger partial charge on any atom is -0.346 e. The monoisotopic (exact) mass is 314 g/mol. The minimum atomic E-state index is -3.40. The lowest BCUT2D eigenvalue weighted by molar-refractivity contribution is 0.400. The molecule has 0 amide bonds. The van der Waals surface area contributed by atoms with E-state index in [1.54, 1.807) is 12.3 Å². The first-order valence-electron chi connectivity index (χ1n) is 7.44. The predicted molar refractivity (Wildman–Crippen MR) is 83.8 cm³/mol. The van der Waals surface area contributed by atoms with Crippen LogP contribution in [0.15, 0.2) is 17.2 Å². The van der Waals surface area contributed by atoms with Crippen LogP contribution in [0.4, 0.5) is 0 Å². The van der Waals surface area contributed by atoms with Crippen molar-refractivity contribution in [2.24, 2.45) is 0 Å². The Morgan fingerprint density at radius 1 is 1.38 bits per heavy atom. The Morgan fingerprint density at radius 3 is 2.67 bits per heavy atom. The lowest BCUT2D eigenvalue weighted by Gasteiger charge is -2.09. The number of hydrogen-bond donors (Lipinski definition) is 2. The molecule has 2 rings (SSSR count). The van der Waals surface area contributed by atoms with E-state index in [9.17, 15) is 8.42 Å². The van der Waals surface area contributed by atoms with Gasteiger partial charge in [-0.25, -0.2) is 13.1 Å². The Labute approximate surface area is 127 Å². The van der Waals surface area contributed by atoms with Crippen LogP contribution < -0.4 is 10.0 Å². The molecule has 0 spiro atoms. The molecule has 0 saturated heterocycles. The summed E-state index contributed by atoms with van der Waals surface area (Å²) in [7, 11) is 2.43. The molecule has 0 aromatic carbocycles. The third-order valence-electron chi connectivity index (χ3n) is 3.59. The van der Waals surface area contributed by atoms with E-state index in [4.69, 9.17) is 0 Å². The number of rotatable bonds is 9. The van der Waals surface area contributed by atoms with Gasteiger partial charge in [-0.3, -0.25) is 0 Å². The molecule has 0 radical (unpaired) electrons. The standard InChI is InChI=1S/C14H26N4O2S/c1-15-10-13-9-14(11-18(13)12-5-6-12)21(19,20)16-7-4-8-17(2)3/h9,11-12,15-16H,4-8,10H2,1-3H3. The molecule has 0 bridgehead atoms. The first kappa shape index (κ1) is 16.5. The topological polar surface area (TPSA) is 66.4 Å². The highest BCUT2D eigenvalue weighted by Crippen LogP contribution is 2.37. The van der Waals surface area contributed by atoms with Gasteiger partial charge in [0.2, 0.25) is 10.0 Å². The molecule has 1 fully saturated rings. The molecule has 21 heavy (non-hydrogen) atoms. The molecular weight excluding hydrogens is 288 g/mol. The van der Waals surface area contributed by atoms with Gasteiger partial charge in [-0.05, 0) is 53.0 Å². The molecule has 6 nitrogen and oxygen atoms in total. The Hall–Kier alpha value is -0.890. The maximum absolute atomic E-state index is 12.3. The van der Waals surface area contributed by atoms with Gasteiger partial charge in [0.05, 0.1) is 4.90 Å². The molecule has 1 aromatic rings. The maximum Gasteiger partial charge on any atom is 0.242 e. The smallest absolute Gasteiger partial charge is 0.242 e. The fourth-order valence-electron chi connectivity index (χ4n) is 2.34. The zero-order chi connectivity index (χ0) is 15.5. The summed E-state index contributed by atoms with van der Waals surface area (Å²) < 4.78 is 29.4. The Kier molecular flexibility index (Phi) is 5.43. The first-order valence-corrected chi connectivity index (χ1v) is 8.92. The molecule has 7 heteroatoms. The fraction of sp³-hybridized carbons (Fsp3) is 0.714. The van der Waals surface area contributed by atoms with Gasteiger partial charge in [-0.15, -0.1) is 0 Å². The van der Waals surface area contributed by atoms with Crippen molar-refractivity contribution in [1.82, 2.24) is 19.5 Å². The van der Waals surface area contributed by atoms with Crippen LogP contribution in [0, 0.1) is 0 Å². The quantitative estimate of drug-likeness (QED) is 0.661. The zero-order valence-corrected chi connectivity index (χ0v) is 13.9. The van der Waals surface area contributed by atoms with E-state index in [-0.39, 0.29) is 0 Å². The van der Waals surface area contributed by atoms with Crippen LogP contribution in [-0.4, -0.2) is 52.1 Å². The number of aromatic nitrogens is 1. The van der Waals surface area contributed by atoms with Crippen LogP contribution in [0.5, 0.6) is 0 Å². The van der Waals surface area contributed by atoms with Crippen molar-refractivity contribution in [3.8, 4) is 0 Å². The summed E-state index contributed by atoms with van der Waals surface area (Å²) in [6.45, 7) is 2.03. The van der Waals surface area contributed by atoms with E-state index in [0.29, 0.717) is 24.0 Å². The summed E-state index contributed by atoms with van der Waals surface area (Å²) in [6, 6.07) is 2.26. The van der Waals surface area contributed by atoms with Gasteiger partial charge in [0.1, 0.15) is 0 Å². The van der Waals surface area contributed by atoms with Crippen LogP contribution in [0.25, 0.3) is 0 Å². The molecule has 1 heterocycles. The van der Waals surface area contributed by atoms with Crippen LogP contribution in [0.2, 0.25) is 0 Å². The number of nitrogens with one attached hydrogen (secondary N) is 2. The molecule has 1 aliphatic carbocycles. The average molecular weight is 314 g/mol. The summed E-state index contributed by atoms with van der Waals surface area (Å²) in [5.74, 6) is 0. The van der Waals surface area contributed by atoms with Gasteiger partial charge in [0, 0.05) is 31.0 Å². The third kappa shape index (κ3) is 4.54. The van der Waals surface area contributed by atoms with Crippen molar-refractivity contribution in [1.29, 1.82) is 0 Å². The van der Waals surface area contributed by atoms with Crippen LogP contribution in [0.3, 0.4) is 0 Å². The van der Waals surface area contributed by atoms with Gasteiger partial charge < -0.3 is 14.8 Å². The molecule has 1 aliphatic rings. The van der Waals surface area contributed by atoms with Crippen molar-refractivity contribution in [3.63, 3.8) is 0 Å². The SMILES string of the molecule is CNCc1cc(S(=O)(=O)NCCCN(C)C)cn1C1CC1. The second-order valence-corrected chi connectivity index (χ2v) is 7.66. The summed E-state index contributed by atoms with van der Waals surface area (Å²) in [6.07, 6.45) is 4.86. The lowest BCUT2D eigenvalue weighted by atomic mass is 10.4. The van der Waals surface area contributed by atoms with E-state index < -0.39 is 10.0 Å². The molecule has 0 unspecified atom stereocenters. The third-order valence-corrected chi connectivity index (χ3v) is 5.02. The van der Waals surface area contributed by atoms with Gasteiger partial charge >= 0.3 is 0 Å². The van der Waals surface area contributed by atoms with Gasteiger partial charge in [-0.1, -0.05) is 0 Å². The summed E-state index contributed by atoms with van der Waals surface area (Å²) in [5, 5.41) is 3.10. The lowest BCUT2D eigenvalue weighted by Crippen LogP contribution is -2.27. The number of nitrogens with zero attached hydrogens (tertiary/aromatic N) is 2. The van der Waals surface area contributed by atoms with Crippen molar-refractivity contribution in [2.75, 3.05) is 34.2 Å². The largest absolute Gasteiger partial charge is 0.346 e. The van der Waals surface area contributed by atoms with Gasteiger partial charge in [0.25, 0.3) is 0 Å². The molecule has 1 aromatic heterocycles. The molecular formula is C14H26N4O2S. The first-order chi connectivity index (χ1) is 9.94. The van der Waals surface area contributed by atoms with E-state index in [1.807, 2.05) is 26.0 Å². The van der Waals surface area contributed by atoms with Crippen LogP contribution in [-0.2, 0) is 16.6 Å². The maximum atomic E-state index is 12.3. The fourth-order valence-corrected chi connectivity index (χ4v) is 3.47. The average Bonchev–Trinajstić information content (AvgIpc) is 3.16. The van der Waals surface area contributed by atoms with Crippen molar-refractivity contribution in [2.45, 2.75) is 36.7 Å². The van der Waals surface area contributed by atoms with Crippen molar-refractivity contribution in [3.05, 3.63) is 18.0 Å². The highest BCUT2D eigenvalue weighted by molar-refractivity contribution is 7.89. The molecule has 0 aliphatic heterocycles. The molecule has 0 atom stereocenters. The Balaban J connectivity index is 2.03. The molecule has 1 saturated carbocycles. The van der Waals surface area contributed by atoms with Crippen molar-refractivity contribution >= 4 is 10.0 Å². The summed E-state index contributed by atoms with van der Waals surface area (Å²) in [5.41, 5.74) is 1.04. The minimum absolute atomic E-state index is 0.379. The number of sulfonamides is 1. The second-order valence-electron chi connectivity index (χ2n) is 5.89. The highest BCUT2D eigenvalue weighted by Gasteiger charge is 2.27. The van der Waals surface area contributed by atoms with Crippen LogP contribution in [0.1, 0.15) is 31.0 Å². The number of hydrogen-bond acceptors (Lipinski definition) is 4. The van der Waals surface area contributed by atoms with E-state index >= 15 is 0 Å². The highest BCUT2D eigenvalue weighted by atomic mass is 32.2. The van der Waals surface area contributed by atoms with Crippen LogP contribution >= 0.6 is 0 Å². The molecule has 2 N–H and O–H groups in total. The van der Waals surface area contributed by atoms with Crippen molar-refractivity contribution < 1.29 is 8.42 Å². The zero-order valence-electron chi connectivity index (χ0n) is 13.1. The van der Waals surface area contributed by atoms with E-state index in [2.05, 4.69) is 14.6 Å². The Bertz CT molecular complexity index is 562. The Morgan fingerprint density at radius 2 is 2.10 bits per heavy atom. The normalized spacial score (nSPS) is 15.8. The predicted octanol–water partition coefficient (Wildman–Crippen LogP) is 0.772. The van der Waals surface area contributed by atoms with Gasteiger partial charge in [-0.2, -0.15) is 0 Å². The van der Waals surface area contributed by atoms with Gasteiger partial charge in [0.15, 0.2) is 0 Å². The summed E-state index contributed by atoms with van der Waals surface area (Å²) in [4.78, 5) is 2.42. The van der Waals surface area contributed by atoms with E-state index in [1.165, 1.54) is 0 Å². The van der Waals surface area contributed by atoms with E-state index in [0.717, 1.165) is 31.5 Å². The summed E-state index contributed by atoms with van der Waals surface area (Å²) >= 11 is 0. The molecule has 120 valence electrons. The second kappa shape index (κ2) is 6.91.